The van der Waals surface area contributed by atoms with Crippen LogP contribution in [-0.2, 0) is 0 Å². The highest BCUT2D eigenvalue weighted by Crippen LogP contribution is 2.13. The third-order valence-corrected chi connectivity index (χ3v) is 2.73. The summed E-state index contributed by atoms with van der Waals surface area (Å²) in [6.07, 6.45) is 0. The summed E-state index contributed by atoms with van der Waals surface area (Å²) in [4.78, 5) is 26.1. The molecule has 0 aromatic carbocycles. The number of carbonyl (C=O) groups excluding carboxylic acids is 2. The number of hydrogen-bond acceptors (Lipinski definition) is 2. The first kappa shape index (κ1) is 9.11. The second-order valence-electron chi connectivity index (χ2n) is 3.53. The van der Waals surface area contributed by atoms with Crippen molar-refractivity contribution in [3.05, 3.63) is 0 Å². The van der Waals surface area contributed by atoms with Gasteiger partial charge in [0.2, 0.25) is 0 Å². The zero-order chi connectivity index (χ0) is 10.1. The van der Waals surface area contributed by atoms with Crippen molar-refractivity contribution in [3.8, 4) is 0 Å². The Morgan fingerprint density at radius 3 is 3.07 bits per heavy atom. The molecule has 0 radical (unpaired) electrons. The predicted molar refractivity (Wildman–Crippen MR) is 49.9 cm³/mol. The van der Waals surface area contributed by atoms with Gasteiger partial charge in [-0.3, -0.25) is 0 Å². The molecular formula is C8H14N4O2. The van der Waals surface area contributed by atoms with Crippen LogP contribution in [-0.4, -0.2) is 61.1 Å². The minimum Gasteiger partial charge on any atom is -0.341 e. The minimum atomic E-state index is -0.0657. The van der Waals surface area contributed by atoms with E-state index in [0.29, 0.717) is 26.2 Å². The number of piperazine rings is 1. The Hall–Kier alpha value is -1.46. The van der Waals surface area contributed by atoms with Crippen LogP contribution in [0.3, 0.4) is 0 Å². The molecule has 0 saturated carbocycles. The number of fused-ring (bicyclic) bond motifs is 1. The van der Waals surface area contributed by atoms with Crippen LogP contribution < -0.4 is 10.6 Å². The number of urea groups is 2. The van der Waals surface area contributed by atoms with Crippen molar-refractivity contribution in [2.75, 3.05) is 33.2 Å². The summed E-state index contributed by atoms with van der Waals surface area (Å²) in [5.74, 6) is 0. The number of nitrogens with zero attached hydrogens (tertiary/aromatic N) is 2. The van der Waals surface area contributed by atoms with Crippen molar-refractivity contribution >= 4 is 12.1 Å². The van der Waals surface area contributed by atoms with Gasteiger partial charge in [0, 0.05) is 33.2 Å². The number of hydrogen-bond donors (Lipinski definition) is 2. The quantitative estimate of drug-likeness (QED) is 0.526. The van der Waals surface area contributed by atoms with E-state index in [0.717, 1.165) is 0 Å². The van der Waals surface area contributed by atoms with Crippen molar-refractivity contribution in [1.29, 1.82) is 0 Å². The summed E-state index contributed by atoms with van der Waals surface area (Å²) in [5.41, 5.74) is 0. The molecule has 4 amide bonds. The van der Waals surface area contributed by atoms with E-state index in [9.17, 15) is 9.59 Å². The molecule has 0 aliphatic carbocycles. The van der Waals surface area contributed by atoms with Gasteiger partial charge in [-0.25, -0.2) is 9.59 Å². The summed E-state index contributed by atoms with van der Waals surface area (Å²) >= 11 is 0. The van der Waals surface area contributed by atoms with Crippen molar-refractivity contribution in [3.63, 3.8) is 0 Å². The van der Waals surface area contributed by atoms with Gasteiger partial charge in [0.1, 0.15) is 0 Å². The van der Waals surface area contributed by atoms with E-state index < -0.39 is 0 Å². The maximum Gasteiger partial charge on any atom is 0.317 e. The number of carbonyl (C=O) groups is 2. The molecule has 2 N–H and O–H groups in total. The van der Waals surface area contributed by atoms with Gasteiger partial charge in [-0.1, -0.05) is 0 Å². The molecule has 2 fully saturated rings. The standard InChI is InChI=1S/C8H14N4O2/c1-9-7(13)11-2-3-12-6(5-11)4-10-8(12)14/h6H,2-5H2,1H3,(H,9,13)(H,10,14). The zero-order valence-electron chi connectivity index (χ0n) is 8.12. The third-order valence-electron chi connectivity index (χ3n) is 2.73. The summed E-state index contributed by atoms with van der Waals surface area (Å²) in [7, 11) is 1.62. The molecule has 0 bridgehead atoms. The maximum atomic E-state index is 11.3. The number of rotatable bonds is 0. The molecule has 2 heterocycles. The smallest absolute Gasteiger partial charge is 0.317 e. The van der Waals surface area contributed by atoms with E-state index in [4.69, 9.17) is 0 Å². The molecule has 0 aromatic heterocycles. The van der Waals surface area contributed by atoms with E-state index in [-0.39, 0.29) is 18.1 Å². The van der Waals surface area contributed by atoms with Crippen LogP contribution in [0.4, 0.5) is 9.59 Å². The molecule has 6 nitrogen and oxygen atoms in total. The lowest BCUT2D eigenvalue weighted by molar-refractivity contribution is 0.130. The first-order valence-corrected chi connectivity index (χ1v) is 4.73. The van der Waals surface area contributed by atoms with Crippen molar-refractivity contribution in [2.45, 2.75) is 6.04 Å². The Bertz CT molecular complexity index is 268. The Morgan fingerprint density at radius 2 is 2.36 bits per heavy atom. The average molecular weight is 198 g/mol. The Morgan fingerprint density at radius 1 is 1.57 bits per heavy atom. The van der Waals surface area contributed by atoms with E-state index in [2.05, 4.69) is 10.6 Å². The maximum absolute atomic E-state index is 11.3. The largest absolute Gasteiger partial charge is 0.341 e. The van der Waals surface area contributed by atoms with Crippen LogP contribution in [0.15, 0.2) is 0 Å². The first-order chi connectivity index (χ1) is 6.72. The fraction of sp³-hybridized carbons (Fsp3) is 0.750. The van der Waals surface area contributed by atoms with Crippen LogP contribution in [0.5, 0.6) is 0 Å². The Kier molecular flexibility index (Phi) is 2.18. The van der Waals surface area contributed by atoms with Gasteiger partial charge < -0.3 is 20.4 Å². The molecular weight excluding hydrogens is 184 g/mol. The lowest BCUT2D eigenvalue weighted by Gasteiger charge is -2.35. The van der Waals surface area contributed by atoms with Gasteiger partial charge in [0.25, 0.3) is 0 Å². The first-order valence-electron chi connectivity index (χ1n) is 4.73. The molecule has 1 unspecified atom stereocenters. The Labute approximate surface area is 82.2 Å². The van der Waals surface area contributed by atoms with Crippen LogP contribution in [0, 0.1) is 0 Å². The minimum absolute atomic E-state index is 0.00782. The molecule has 6 heteroatoms. The zero-order valence-corrected chi connectivity index (χ0v) is 8.12. The fourth-order valence-electron chi connectivity index (χ4n) is 1.95. The van der Waals surface area contributed by atoms with Crippen molar-refractivity contribution < 1.29 is 9.59 Å². The average Bonchev–Trinajstić information content (AvgIpc) is 2.59. The van der Waals surface area contributed by atoms with Gasteiger partial charge >= 0.3 is 12.1 Å². The lowest BCUT2D eigenvalue weighted by atomic mass is 10.2. The SMILES string of the molecule is CNC(=O)N1CCN2C(=O)NCC2C1. The molecule has 78 valence electrons. The summed E-state index contributed by atoms with van der Waals surface area (Å²) < 4.78 is 0. The van der Waals surface area contributed by atoms with Gasteiger partial charge in [-0.05, 0) is 0 Å². The van der Waals surface area contributed by atoms with E-state index in [1.165, 1.54) is 0 Å². The highest BCUT2D eigenvalue weighted by Gasteiger charge is 2.36. The molecule has 14 heavy (non-hydrogen) atoms. The molecule has 1 atom stereocenters. The Balaban J connectivity index is 1.99. The number of nitrogens with one attached hydrogen (secondary N) is 2. The number of amides is 4. The second kappa shape index (κ2) is 3.36. The van der Waals surface area contributed by atoms with Gasteiger partial charge in [0.05, 0.1) is 6.04 Å². The van der Waals surface area contributed by atoms with Crippen LogP contribution in [0.2, 0.25) is 0 Å². The van der Waals surface area contributed by atoms with Crippen LogP contribution in [0.1, 0.15) is 0 Å². The highest BCUT2D eigenvalue weighted by atomic mass is 16.2. The molecule has 2 saturated heterocycles. The molecule has 0 aromatic rings. The predicted octanol–water partition coefficient (Wildman–Crippen LogP) is -0.965. The molecule has 2 aliphatic rings. The van der Waals surface area contributed by atoms with E-state index in [1.807, 2.05) is 0 Å². The summed E-state index contributed by atoms with van der Waals surface area (Å²) in [5, 5.41) is 5.36. The highest BCUT2D eigenvalue weighted by molar-refractivity contribution is 5.78. The van der Waals surface area contributed by atoms with Crippen LogP contribution >= 0.6 is 0 Å². The summed E-state index contributed by atoms with van der Waals surface area (Å²) in [6.45, 7) is 2.51. The third kappa shape index (κ3) is 1.36. The summed E-state index contributed by atoms with van der Waals surface area (Å²) in [6, 6.07) is 0.0732. The van der Waals surface area contributed by atoms with Crippen molar-refractivity contribution in [1.82, 2.24) is 20.4 Å². The normalized spacial score (nSPS) is 25.8. The van der Waals surface area contributed by atoms with Crippen LogP contribution in [0.25, 0.3) is 0 Å². The van der Waals surface area contributed by atoms with Gasteiger partial charge in [-0.2, -0.15) is 0 Å². The molecule has 2 aliphatic heterocycles. The van der Waals surface area contributed by atoms with Crippen molar-refractivity contribution in [2.24, 2.45) is 0 Å². The topological polar surface area (TPSA) is 64.7 Å². The van der Waals surface area contributed by atoms with Gasteiger partial charge in [-0.15, -0.1) is 0 Å². The van der Waals surface area contributed by atoms with E-state index in [1.54, 1.807) is 16.8 Å². The monoisotopic (exact) mass is 198 g/mol. The molecule has 2 rings (SSSR count). The second-order valence-corrected chi connectivity index (χ2v) is 3.53. The molecule has 0 spiro atoms. The fourth-order valence-corrected chi connectivity index (χ4v) is 1.95. The van der Waals surface area contributed by atoms with Gasteiger partial charge in [0.15, 0.2) is 0 Å². The van der Waals surface area contributed by atoms with E-state index >= 15 is 0 Å². The lowest BCUT2D eigenvalue weighted by Crippen LogP contribution is -2.55.